The molecule has 2 aromatic carbocycles. The summed E-state index contributed by atoms with van der Waals surface area (Å²) in [5.41, 5.74) is -2.23. The Morgan fingerprint density at radius 1 is 0.970 bits per heavy atom. The van der Waals surface area contributed by atoms with Gasteiger partial charge < -0.3 is 5.32 Å². The van der Waals surface area contributed by atoms with E-state index in [1.54, 1.807) is 5.38 Å². The minimum absolute atomic E-state index is 0.151. The van der Waals surface area contributed by atoms with Crippen LogP contribution >= 0.6 is 11.3 Å². The molecule has 12 heteroatoms. The lowest BCUT2D eigenvalue weighted by molar-refractivity contribution is -0.143. The van der Waals surface area contributed by atoms with Crippen LogP contribution in [-0.2, 0) is 6.18 Å². The first-order valence-corrected chi connectivity index (χ1v) is 10.1. The van der Waals surface area contributed by atoms with Crippen molar-refractivity contribution in [1.29, 1.82) is 0 Å². The maximum Gasteiger partial charge on any atom is 0.434 e. The van der Waals surface area contributed by atoms with Crippen molar-refractivity contribution in [3.8, 4) is 5.69 Å². The Hall–Kier alpha value is -4.06. The smallest absolute Gasteiger partial charge is 0.322 e. The highest BCUT2D eigenvalue weighted by atomic mass is 32.1. The SMILES string of the molecule is O=C(Nc1nccs1)c1ccc(NC(=O)c2cnn(-c3ccccc3F)c2C(F)(F)F)cc1. The first-order valence-electron chi connectivity index (χ1n) is 9.26. The molecular weight excluding hydrogens is 462 g/mol. The molecular formula is C21H13F4N5O2S. The number of rotatable bonds is 5. The molecule has 0 radical (unpaired) electrons. The van der Waals surface area contributed by atoms with Gasteiger partial charge in [-0.2, -0.15) is 18.3 Å². The van der Waals surface area contributed by atoms with Crippen molar-refractivity contribution >= 4 is 34.0 Å². The van der Waals surface area contributed by atoms with Gasteiger partial charge in [-0.1, -0.05) is 12.1 Å². The number of amides is 2. The van der Waals surface area contributed by atoms with Gasteiger partial charge in [0.2, 0.25) is 0 Å². The Morgan fingerprint density at radius 2 is 1.70 bits per heavy atom. The van der Waals surface area contributed by atoms with Gasteiger partial charge in [-0.15, -0.1) is 11.3 Å². The average Bonchev–Trinajstić information content (AvgIpc) is 3.44. The number of halogens is 4. The van der Waals surface area contributed by atoms with Gasteiger partial charge >= 0.3 is 6.18 Å². The normalized spacial score (nSPS) is 11.3. The molecule has 7 nitrogen and oxygen atoms in total. The number of thiazole rings is 1. The molecule has 0 aliphatic rings. The number of para-hydroxylation sites is 1. The van der Waals surface area contributed by atoms with Crippen molar-refractivity contribution in [1.82, 2.24) is 14.8 Å². The molecule has 4 rings (SSSR count). The zero-order valence-electron chi connectivity index (χ0n) is 16.4. The minimum atomic E-state index is -4.98. The van der Waals surface area contributed by atoms with Crippen LogP contribution in [0, 0.1) is 5.82 Å². The van der Waals surface area contributed by atoms with Crippen LogP contribution < -0.4 is 10.6 Å². The number of hydrogen-bond acceptors (Lipinski definition) is 5. The summed E-state index contributed by atoms with van der Waals surface area (Å²) >= 11 is 1.24. The van der Waals surface area contributed by atoms with Gasteiger partial charge in [0.05, 0.1) is 11.8 Å². The summed E-state index contributed by atoms with van der Waals surface area (Å²) in [6, 6.07) is 10.3. The van der Waals surface area contributed by atoms with E-state index in [2.05, 4.69) is 20.7 Å². The summed E-state index contributed by atoms with van der Waals surface area (Å²) in [4.78, 5) is 28.7. The van der Waals surface area contributed by atoms with Crippen LogP contribution in [0.3, 0.4) is 0 Å². The standard InChI is InChI=1S/C21H13F4N5O2S/c22-15-3-1-2-4-16(15)30-17(21(23,24)25)14(11-27-30)19(32)28-13-7-5-12(6-8-13)18(31)29-20-26-9-10-33-20/h1-11H,(H,28,32)(H,26,29,31). The second-order valence-electron chi connectivity index (χ2n) is 6.59. The minimum Gasteiger partial charge on any atom is -0.322 e. The van der Waals surface area contributed by atoms with Gasteiger partial charge in [0.1, 0.15) is 11.5 Å². The fourth-order valence-corrected chi connectivity index (χ4v) is 3.48. The van der Waals surface area contributed by atoms with E-state index >= 15 is 0 Å². The highest BCUT2D eigenvalue weighted by Crippen LogP contribution is 2.34. The number of hydrogen-bond donors (Lipinski definition) is 2. The molecule has 4 aromatic rings. The summed E-state index contributed by atoms with van der Waals surface area (Å²) in [5.74, 6) is -2.46. The van der Waals surface area contributed by atoms with Gasteiger partial charge in [-0.25, -0.2) is 14.1 Å². The molecule has 0 bridgehead atoms. The quantitative estimate of drug-likeness (QED) is 0.398. The van der Waals surface area contributed by atoms with Crippen LogP contribution in [0.2, 0.25) is 0 Å². The van der Waals surface area contributed by atoms with Crippen LogP contribution in [-0.4, -0.2) is 26.6 Å². The van der Waals surface area contributed by atoms with E-state index in [4.69, 9.17) is 0 Å². The third-order valence-corrected chi connectivity index (χ3v) is 5.11. The largest absolute Gasteiger partial charge is 0.434 e. The second kappa shape index (κ2) is 8.82. The topological polar surface area (TPSA) is 88.9 Å². The number of alkyl halides is 3. The third-order valence-electron chi connectivity index (χ3n) is 4.42. The van der Waals surface area contributed by atoms with Crippen molar-refractivity contribution in [2.24, 2.45) is 0 Å². The maximum absolute atomic E-state index is 14.1. The first-order chi connectivity index (χ1) is 15.7. The lowest BCUT2D eigenvalue weighted by atomic mass is 10.1. The van der Waals surface area contributed by atoms with Gasteiger partial charge in [-0.3, -0.25) is 14.9 Å². The van der Waals surface area contributed by atoms with E-state index in [1.165, 1.54) is 53.9 Å². The zero-order valence-corrected chi connectivity index (χ0v) is 17.2. The lowest BCUT2D eigenvalue weighted by Crippen LogP contribution is -2.21. The molecule has 2 aromatic heterocycles. The zero-order chi connectivity index (χ0) is 23.6. The Labute approximate surface area is 187 Å². The van der Waals surface area contributed by atoms with Crippen molar-refractivity contribution in [3.63, 3.8) is 0 Å². The number of carbonyl (C=O) groups excluding carboxylic acids is 2. The Balaban J connectivity index is 1.56. The predicted molar refractivity (Wildman–Crippen MR) is 113 cm³/mol. The molecule has 2 N–H and O–H groups in total. The summed E-state index contributed by atoms with van der Waals surface area (Å²) in [5, 5.41) is 10.6. The van der Waals surface area contributed by atoms with E-state index in [0.717, 1.165) is 18.3 Å². The average molecular weight is 475 g/mol. The fraction of sp³-hybridized carbons (Fsp3) is 0.0476. The number of carbonyl (C=O) groups is 2. The molecule has 2 heterocycles. The van der Waals surface area contributed by atoms with E-state index in [1.807, 2.05) is 0 Å². The van der Waals surface area contributed by atoms with Crippen LogP contribution in [0.5, 0.6) is 0 Å². The summed E-state index contributed by atoms with van der Waals surface area (Å²) in [7, 11) is 0. The molecule has 0 aliphatic heterocycles. The highest BCUT2D eigenvalue weighted by Gasteiger charge is 2.41. The van der Waals surface area contributed by atoms with E-state index in [9.17, 15) is 27.2 Å². The van der Waals surface area contributed by atoms with E-state index in [-0.39, 0.29) is 11.3 Å². The van der Waals surface area contributed by atoms with Crippen LogP contribution in [0.1, 0.15) is 26.4 Å². The monoisotopic (exact) mass is 475 g/mol. The van der Waals surface area contributed by atoms with Crippen molar-refractivity contribution in [2.45, 2.75) is 6.18 Å². The molecule has 168 valence electrons. The molecule has 2 amide bonds. The second-order valence-corrected chi connectivity index (χ2v) is 7.49. The molecule has 33 heavy (non-hydrogen) atoms. The van der Waals surface area contributed by atoms with E-state index < -0.39 is 40.8 Å². The number of nitrogens with zero attached hydrogens (tertiary/aromatic N) is 3. The number of aromatic nitrogens is 3. The summed E-state index contributed by atoms with van der Waals surface area (Å²) in [6.45, 7) is 0. The fourth-order valence-electron chi connectivity index (χ4n) is 2.95. The van der Waals surface area contributed by atoms with Crippen molar-refractivity contribution < 1.29 is 27.2 Å². The van der Waals surface area contributed by atoms with Gasteiger partial charge in [-0.05, 0) is 36.4 Å². The number of nitrogens with one attached hydrogen (secondary N) is 2. The Kier molecular flexibility index (Phi) is 5.92. The number of benzene rings is 2. The molecule has 0 saturated heterocycles. The first kappa shape index (κ1) is 22.1. The Morgan fingerprint density at radius 3 is 2.33 bits per heavy atom. The van der Waals surface area contributed by atoms with E-state index in [0.29, 0.717) is 9.81 Å². The molecule has 0 unspecified atom stereocenters. The molecule has 0 saturated carbocycles. The van der Waals surface area contributed by atoms with Crippen LogP contribution in [0.25, 0.3) is 5.69 Å². The number of anilines is 2. The van der Waals surface area contributed by atoms with Gasteiger partial charge in [0.15, 0.2) is 10.8 Å². The summed E-state index contributed by atoms with van der Waals surface area (Å²) < 4.78 is 55.6. The van der Waals surface area contributed by atoms with Crippen LogP contribution in [0.15, 0.2) is 66.3 Å². The van der Waals surface area contributed by atoms with Gasteiger partial charge in [0, 0.05) is 22.8 Å². The molecule has 0 atom stereocenters. The van der Waals surface area contributed by atoms with Crippen molar-refractivity contribution in [2.75, 3.05) is 10.6 Å². The Bertz CT molecular complexity index is 1300. The lowest BCUT2D eigenvalue weighted by Gasteiger charge is -2.13. The van der Waals surface area contributed by atoms with Crippen molar-refractivity contribution in [3.05, 3.63) is 88.9 Å². The molecule has 0 fully saturated rings. The van der Waals surface area contributed by atoms with Gasteiger partial charge in [0.25, 0.3) is 11.8 Å². The highest BCUT2D eigenvalue weighted by molar-refractivity contribution is 7.13. The molecule has 0 spiro atoms. The third kappa shape index (κ3) is 4.75. The molecule has 0 aliphatic carbocycles. The van der Waals surface area contributed by atoms with Crippen LogP contribution in [0.4, 0.5) is 28.4 Å². The maximum atomic E-state index is 14.1. The predicted octanol–water partition coefficient (Wildman–Crippen LogP) is 4.99. The summed E-state index contributed by atoms with van der Waals surface area (Å²) in [6.07, 6.45) is -2.73.